The predicted octanol–water partition coefficient (Wildman–Crippen LogP) is 3.57. The highest BCUT2D eigenvalue weighted by Gasteiger charge is 2.13. The molecule has 3 aromatic rings. The van der Waals surface area contributed by atoms with E-state index in [-0.39, 0.29) is 19.4 Å². The van der Waals surface area contributed by atoms with Crippen LogP contribution in [0.2, 0.25) is 5.02 Å². The van der Waals surface area contributed by atoms with Crippen molar-refractivity contribution in [1.82, 2.24) is 10.1 Å². The van der Waals surface area contributed by atoms with Crippen molar-refractivity contribution >= 4 is 40.5 Å². The van der Waals surface area contributed by atoms with Crippen molar-refractivity contribution in [2.75, 3.05) is 11.9 Å². The molecule has 7 nitrogen and oxygen atoms in total. The van der Waals surface area contributed by atoms with Crippen LogP contribution in [0.5, 0.6) is 0 Å². The largest absolute Gasteiger partial charge is 0.456 e. The first-order valence-corrected chi connectivity index (χ1v) is 8.93. The Morgan fingerprint density at radius 3 is 2.92 bits per heavy atom. The van der Waals surface area contributed by atoms with E-state index in [1.54, 1.807) is 24.3 Å². The van der Waals surface area contributed by atoms with Crippen LogP contribution in [-0.4, -0.2) is 28.6 Å². The number of rotatable bonds is 7. The lowest BCUT2D eigenvalue weighted by Crippen LogP contribution is -2.21. The molecule has 1 amide bonds. The van der Waals surface area contributed by atoms with E-state index in [1.807, 2.05) is 17.5 Å². The maximum Gasteiger partial charge on any atom is 0.306 e. The second-order valence-corrected chi connectivity index (χ2v) is 6.59. The summed E-state index contributed by atoms with van der Waals surface area (Å²) >= 11 is 7.33. The van der Waals surface area contributed by atoms with Crippen LogP contribution in [0.15, 0.2) is 46.3 Å². The number of carbonyl (C=O) groups excluding carboxylic acids is 2. The van der Waals surface area contributed by atoms with Crippen LogP contribution in [0.1, 0.15) is 12.3 Å². The summed E-state index contributed by atoms with van der Waals surface area (Å²) in [7, 11) is 0. The Balaban J connectivity index is 1.41. The molecule has 2 aromatic heterocycles. The van der Waals surface area contributed by atoms with Gasteiger partial charge in [-0.1, -0.05) is 28.9 Å². The molecule has 0 bridgehead atoms. The third-order valence-electron chi connectivity index (χ3n) is 3.23. The van der Waals surface area contributed by atoms with Crippen molar-refractivity contribution in [3.05, 3.63) is 52.7 Å². The van der Waals surface area contributed by atoms with Gasteiger partial charge < -0.3 is 14.6 Å². The fraction of sp³-hybridized carbons (Fsp3) is 0.176. The third kappa shape index (κ3) is 5.14. The van der Waals surface area contributed by atoms with E-state index in [9.17, 15) is 9.59 Å². The lowest BCUT2D eigenvalue weighted by Gasteiger charge is -2.06. The van der Waals surface area contributed by atoms with Crippen LogP contribution >= 0.6 is 22.9 Å². The summed E-state index contributed by atoms with van der Waals surface area (Å²) in [5, 5.41) is 8.87. The number of esters is 1. The Kier molecular flexibility index (Phi) is 5.98. The van der Waals surface area contributed by atoms with Gasteiger partial charge in [0, 0.05) is 17.1 Å². The first kappa shape index (κ1) is 18.1. The van der Waals surface area contributed by atoms with Gasteiger partial charge in [-0.3, -0.25) is 9.59 Å². The number of aromatic nitrogens is 2. The molecule has 0 saturated carbocycles. The van der Waals surface area contributed by atoms with Gasteiger partial charge in [0.1, 0.15) is 0 Å². The highest BCUT2D eigenvalue weighted by atomic mass is 35.5. The molecule has 9 heteroatoms. The average molecular weight is 392 g/mol. The van der Waals surface area contributed by atoms with Gasteiger partial charge in [-0.05, 0) is 29.6 Å². The number of benzene rings is 1. The van der Waals surface area contributed by atoms with E-state index in [0.29, 0.717) is 22.4 Å². The van der Waals surface area contributed by atoms with Gasteiger partial charge in [-0.25, -0.2) is 0 Å². The quantitative estimate of drug-likeness (QED) is 0.619. The van der Waals surface area contributed by atoms with E-state index in [1.165, 1.54) is 11.3 Å². The molecule has 26 heavy (non-hydrogen) atoms. The maximum absolute atomic E-state index is 11.8. The van der Waals surface area contributed by atoms with E-state index < -0.39 is 11.9 Å². The average Bonchev–Trinajstić information content (AvgIpc) is 3.29. The molecule has 0 spiro atoms. The van der Waals surface area contributed by atoms with E-state index in [4.69, 9.17) is 20.9 Å². The number of nitrogens with zero attached hydrogens (tertiary/aromatic N) is 2. The molecule has 3 rings (SSSR count). The fourth-order valence-corrected chi connectivity index (χ4v) is 2.89. The van der Waals surface area contributed by atoms with Crippen LogP contribution in [0.25, 0.3) is 10.7 Å². The molecule has 0 saturated heterocycles. The number of ether oxygens (including phenoxy) is 1. The lowest BCUT2D eigenvalue weighted by atomic mass is 10.3. The summed E-state index contributed by atoms with van der Waals surface area (Å²) in [6.07, 6.45) is 0.281. The van der Waals surface area contributed by atoms with Crippen molar-refractivity contribution in [2.45, 2.75) is 12.8 Å². The molecule has 2 heterocycles. The minimum Gasteiger partial charge on any atom is -0.456 e. The number of thiophene rings is 1. The predicted molar refractivity (Wildman–Crippen MR) is 97.0 cm³/mol. The maximum atomic E-state index is 11.8. The highest BCUT2D eigenvalue weighted by molar-refractivity contribution is 7.13. The SMILES string of the molecule is O=C(COC(=O)CCc1nc(-c2cccs2)no1)Nc1cccc(Cl)c1. The van der Waals surface area contributed by atoms with Crippen molar-refractivity contribution in [3.8, 4) is 10.7 Å². The first-order chi connectivity index (χ1) is 12.6. The van der Waals surface area contributed by atoms with Crippen molar-refractivity contribution in [1.29, 1.82) is 0 Å². The van der Waals surface area contributed by atoms with Gasteiger partial charge in [-0.2, -0.15) is 4.98 Å². The Labute approximate surface area is 157 Å². The summed E-state index contributed by atoms with van der Waals surface area (Å²) in [4.78, 5) is 28.6. The number of hydrogen-bond donors (Lipinski definition) is 1. The summed E-state index contributed by atoms with van der Waals surface area (Å²) in [6.45, 7) is -0.379. The molecule has 1 aromatic carbocycles. The van der Waals surface area contributed by atoms with Gasteiger partial charge in [0.15, 0.2) is 6.61 Å². The smallest absolute Gasteiger partial charge is 0.306 e. The zero-order valence-corrected chi connectivity index (χ0v) is 15.0. The minimum absolute atomic E-state index is 0.0382. The Morgan fingerprint density at radius 1 is 1.27 bits per heavy atom. The number of halogens is 1. The summed E-state index contributed by atoms with van der Waals surface area (Å²) in [5.41, 5.74) is 0.533. The summed E-state index contributed by atoms with van der Waals surface area (Å²) in [5.74, 6) is -0.140. The van der Waals surface area contributed by atoms with E-state index >= 15 is 0 Å². The Hall–Kier alpha value is -2.71. The third-order valence-corrected chi connectivity index (χ3v) is 4.33. The number of hydrogen-bond acceptors (Lipinski definition) is 7. The first-order valence-electron chi connectivity index (χ1n) is 7.67. The van der Waals surface area contributed by atoms with Gasteiger partial charge in [0.05, 0.1) is 11.3 Å². The van der Waals surface area contributed by atoms with Crippen molar-refractivity contribution in [3.63, 3.8) is 0 Å². The second-order valence-electron chi connectivity index (χ2n) is 5.21. The molecule has 0 aliphatic carbocycles. The van der Waals surface area contributed by atoms with Crippen LogP contribution in [0.4, 0.5) is 5.69 Å². The zero-order valence-electron chi connectivity index (χ0n) is 13.5. The topological polar surface area (TPSA) is 94.3 Å². The van der Waals surface area contributed by atoms with Gasteiger partial charge >= 0.3 is 5.97 Å². The summed E-state index contributed by atoms with van der Waals surface area (Å²) < 4.78 is 10.0. The van der Waals surface area contributed by atoms with Gasteiger partial charge in [0.2, 0.25) is 11.7 Å². The molecule has 134 valence electrons. The van der Waals surface area contributed by atoms with Crippen LogP contribution < -0.4 is 5.32 Å². The molecule has 0 unspecified atom stereocenters. The molecule has 0 aliphatic rings. The van der Waals surface area contributed by atoms with E-state index in [2.05, 4.69) is 15.5 Å². The van der Waals surface area contributed by atoms with E-state index in [0.717, 1.165) is 4.88 Å². The number of amides is 1. The van der Waals surface area contributed by atoms with Crippen molar-refractivity contribution < 1.29 is 18.8 Å². The van der Waals surface area contributed by atoms with Crippen LogP contribution in [0, 0.1) is 0 Å². The Bertz CT molecular complexity index is 895. The second kappa shape index (κ2) is 8.59. The normalized spacial score (nSPS) is 10.5. The Morgan fingerprint density at radius 2 is 2.15 bits per heavy atom. The number of carbonyl (C=O) groups is 2. The molecule has 1 N–H and O–H groups in total. The molecular weight excluding hydrogens is 378 g/mol. The van der Waals surface area contributed by atoms with Crippen LogP contribution in [-0.2, 0) is 20.7 Å². The minimum atomic E-state index is -0.526. The number of nitrogens with one attached hydrogen (secondary N) is 1. The van der Waals surface area contributed by atoms with Gasteiger partial charge in [0.25, 0.3) is 5.91 Å². The monoisotopic (exact) mass is 391 g/mol. The molecular formula is C17H14ClN3O4S. The van der Waals surface area contributed by atoms with Crippen LogP contribution in [0.3, 0.4) is 0 Å². The molecule has 0 radical (unpaired) electrons. The lowest BCUT2D eigenvalue weighted by molar-refractivity contribution is -0.147. The zero-order chi connectivity index (χ0) is 18.4. The highest BCUT2D eigenvalue weighted by Crippen LogP contribution is 2.21. The molecule has 0 fully saturated rings. The number of aryl methyl sites for hydroxylation is 1. The molecule has 0 aliphatic heterocycles. The summed E-state index contributed by atoms with van der Waals surface area (Å²) in [6, 6.07) is 10.5. The standard InChI is InChI=1S/C17H14ClN3O4S/c18-11-3-1-4-12(9-11)19-14(22)10-24-16(23)7-6-15-20-17(21-25-15)13-5-2-8-26-13/h1-5,8-9H,6-7,10H2,(H,19,22). The van der Waals surface area contributed by atoms with Crippen molar-refractivity contribution in [2.24, 2.45) is 0 Å². The number of anilines is 1. The fourth-order valence-electron chi connectivity index (χ4n) is 2.05. The molecule has 0 atom stereocenters. The van der Waals surface area contributed by atoms with Gasteiger partial charge in [-0.15, -0.1) is 11.3 Å².